The van der Waals surface area contributed by atoms with Gasteiger partial charge >= 0.3 is 0 Å². The van der Waals surface area contributed by atoms with Crippen molar-refractivity contribution in [1.82, 2.24) is 9.80 Å². The molecule has 3 aliphatic rings. The molecule has 0 aromatic heterocycles. The van der Waals surface area contributed by atoms with Crippen molar-refractivity contribution in [2.75, 3.05) is 33.2 Å². The maximum atomic E-state index is 2.78. The Kier molecular flexibility index (Phi) is 2.10. The molecule has 2 heterocycles. The second-order valence-electron chi connectivity index (χ2n) is 5.65. The first-order valence-corrected chi connectivity index (χ1v) is 6.23. The van der Waals surface area contributed by atoms with Gasteiger partial charge in [-0.3, -0.25) is 4.90 Å². The van der Waals surface area contributed by atoms with Crippen molar-refractivity contribution in [3.63, 3.8) is 0 Å². The van der Waals surface area contributed by atoms with E-state index in [2.05, 4.69) is 16.8 Å². The molecule has 1 aliphatic carbocycles. The average molecular weight is 194 g/mol. The van der Waals surface area contributed by atoms with Crippen LogP contribution < -0.4 is 0 Å². The largest absolute Gasteiger partial charge is 0.306 e. The molecule has 0 radical (unpaired) electrons. The highest BCUT2D eigenvalue weighted by Crippen LogP contribution is 2.50. The van der Waals surface area contributed by atoms with Crippen molar-refractivity contribution in [2.45, 2.75) is 38.1 Å². The summed E-state index contributed by atoms with van der Waals surface area (Å²) in [5.41, 5.74) is 0.721. The van der Waals surface area contributed by atoms with E-state index in [4.69, 9.17) is 0 Å². The van der Waals surface area contributed by atoms with E-state index in [1.54, 1.807) is 0 Å². The van der Waals surface area contributed by atoms with Crippen molar-refractivity contribution in [3.05, 3.63) is 0 Å². The SMILES string of the molecule is CN1CCC2(CCC2N2CCCC2)C1. The van der Waals surface area contributed by atoms with Gasteiger partial charge in [0.25, 0.3) is 0 Å². The lowest BCUT2D eigenvalue weighted by Gasteiger charge is -2.51. The van der Waals surface area contributed by atoms with Gasteiger partial charge in [0, 0.05) is 12.6 Å². The fourth-order valence-electron chi connectivity index (χ4n) is 3.89. The summed E-state index contributed by atoms with van der Waals surface area (Å²) >= 11 is 0. The highest BCUT2D eigenvalue weighted by molar-refractivity contribution is 5.06. The molecule has 2 unspecified atom stereocenters. The van der Waals surface area contributed by atoms with Crippen LogP contribution in [0.5, 0.6) is 0 Å². The second-order valence-corrected chi connectivity index (χ2v) is 5.65. The second kappa shape index (κ2) is 3.21. The summed E-state index contributed by atoms with van der Waals surface area (Å²) < 4.78 is 0. The van der Waals surface area contributed by atoms with Gasteiger partial charge in [0.15, 0.2) is 0 Å². The molecule has 2 saturated heterocycles. The zero-order valence-electron chi connectivity index (χ0n) is 9.34. The molecule has 0 aromatic carbocycles. The van der Waals surface area contributed by atoms with Crippen LogP contribution in [-0.2, 0) is 0 Å². The van der Waals surface area contributed by atoms with Gasteiger partial charge in [0.2, 0.25) is 0 Å². The van der Waals surface area contributed by atoms with Crippen LogP contribution in [0.3, 0.4) is 0 Å². The lowest BCUT2D eigenvalue weighted by Crippen LogP contribution is -2.55. The van der Waals surface area contributed by atoms with Gasteiger partial charge in [-0.25, -0.2) is 0 Å². The van der Waals surface area contributed by atoms with Crippen LogP contribution in [0.4, 0.5) is 0 Å². The monoisotopic (exact) mass is 194 g/mol. The van der Waals surface area contributed by atoms with Gasteiger partial charge in [-0.05, 0) is 64.2 Å². The summed E-state index contributed by atoms with van der Waals surface area (Å²) in [6, 6.07) is 0.954. The van der Waals surface area contributed by atoms with Crippen LogP contribution in [-0.4, -0.2) is 49.1 Å². The molecule has 0 aromatic rings. The third-order valence-corrected chi connectivity index (χ3v) is 4.78. The summed E-state index contributed by atoms with van der Waals surface area (Å²) in [6.45, 7) is 5.48. The number of hydrogen-bond donors (Lipinski definition) is 0. The lowest BCUT2D eigenvalue weighted by molar-refractivity contribution is -0.00586. The van der Waals surface area contributed by atoms with Crippen LogP contribution in [0.2, 0.25) is 0 Å². The van der Waals surface area contributed by atoms with E-state index in [0.717, 1.165) is 11.5 Å². The average Bonchev–Trinajstić information content (AvgIpc) is 2.73. The molecule has 1 saturated carbocycles. The Morgan fingerprint density at radius 3 is 2.36 bits per heavy atom. The fraction of sp³-hybridized carbons (Fsp3) is 1.00. The van der Waals surface area contributed by atoms with Gasteiger partial charge < -0.3 is 4.90 Å². The predicted molar refractivity (Wildman–Crippen MR) is 58.4 cm³/mol. The molecule has 1 spiro atoms. The minimum Gasteiger partial charge on any atom is -0.306 e. The topological polar surface area (TPSA) is 6.48 Å². The Morgan fingerprint density at radius 2 is 1.86 bits per heavy atom. The Hall–Kier alpha value is -0.0800. The number of rotatable bonds is 1. The first-order valence-electron chi connectivity index (χ1n) is 6.23. The van der Waals surface area contributed by atoms with Crippen LogP contribution in [0, 0.1) is 5.41 Å². The minimum atomic E-state index is 0.721. The van der Waals surface area contributed by atoms with Crippen molar-refractivity contribution in [1.29, 1.82) is 0 Å². The molecule has 0 amide bonds. The van der Waals surface area contributed by atoms with Crippen LogP contribution in [0.25, 0.3) is 0 Å². The van der Waals surface area contributed by atoms with E-state index in [1.807, 2.05) is 0 Å². The normalized spacial score (nSPS) is 44.8. The molecule has 3 fully saturated rings. The molecular weight excluding hydrogens is 172 g/mol. The van der Waals surface area contributed by atoms with Gasteiger partial charge in [-0.1, -0.05) is 0 Å². The summed E-state index contributed by atoms with van der Waals surface area (Å²) in [7, 11) is 2.29. The maximum absolute atomic E-state index is 2.78. The summed E-state index contributed by atoms with van der Waals surface area (Å²) in [6.07, 6.45) is 7.34. The molecule has 2 nitrogen and oxygen atoms in total. The molecular formula is C12H22N2. The molecule has 0 bridgehead atoms. The first-order chi connectivity index (χ1) is 6.80. The highest BCUT2D eigenvalue weighted by Gasteiger charge is 2.52. The number of nitrogens with zero attached hydrogens (tertiary/aromatic N) is 2. The van der Waals surface area contributed by atoms with Gasteiger partial charge in [0.1, 0.15) is 0 Å². The minimum absolute atomic E-state index is 0.721. The van der Waals surface area contributed by atoms with Crippen LogP contribution >= 0.6 is 0 Å². The van der Waals surface area contributed by atoms with E-state index in [9.17, 15) is 0 Å². The summed E-state index contributed by atoms with van der Waals surface area (Å²) in [5, 5.41) is 0. The van der Waals surface area contributed by atoms with Gasteiger partial charge in [0.05, 0.1) is 0 Å². The zero-order chi connectivity index (χ0) is 9.60. The van der Waals surface area contributed by atoms with Crippen molar-refractivity contribution >= 4 is 0 Å². The predicted octanol–water partition coefficient (Wildman–Crippen LogP) is 1.57. The molecule has 2 atom stereocenters. The zero-order valence-corrected chi connectivity index (χ0v) is 9.34. The smallest absolute Gasteiger partial charge is 0.0165 e. The third-order valence-electron chi connectivity index (χ3n) is 4.78. The Labute approximate surface area is 87.3 Å². The Morgan fingerprint density at radius 1 is 1.07 bits per heavy atom. The Bertz CT molecular complexity index is 222. The molecule has 2 aliphatic heterocycles. The van der Waals surface area contributed by atoms with E-state index < -0.39 is 0 Å². The highest BCUT2D eigenvalue weighted by atomic mass is 15.2. The van der Waals surface area contributed by atoms with Crippen molar-refractivity contribution in [2.24, 2.45) is 5.41 Å². The standard InChI is InChI=1S/C12H22N2/c1-13-9-6-12(10-13)5-4-11(12)14-7-2-3-8-14/h11H,2-10H2,1H3. The number of likely N-dealkylation sites (tertiary alicyclic amines) is 2. The van der Waals surface area contributed by atoms with Crippen molar-refractivity contribution in [3.8, 4) is 0 Å². The molecule has 14 heavy (non-hydrogen) atoms. The maximum Gasteiger partial charge on any atom is 0.0165 e. The quantitative estimate of drug-likeness (QED) is 0.625. The summed E-state index contributed by atoms with van der Waals surface area (Å²) in [4.78, 5) is 5.31. The number of hydrogen-bond acceptors (Lipinski definition) is 2. The van der Waals surface area contributed by atoms with Crippen LogP contribution in [0.1, 0.15) is 32.1 Å². The molecule has 2 heteroatoms. The van der Waals surface area contributed by atoms with E-state index >= 15 is 0 Å². The molecule has 80 valence electrons. The van der Waals surface area contributed by atoms with E-state index in [-0.39, 0.29) is 0 Å². The summed E-state index contributed by atoms with van der Waals surface area (Å²) in [5.74, 6) is 0. The van der Waals surface area contributed by atoms with E-state index in [1.165, 1.54) is 58.3 Å². The molecule has 0 N–H and O–H groups in total. The lowest BCUT2D eigenvalue weighted by atomic mass is 9.63. The van der Waals surface area contributed by atoms with Crippen molar-refractivity contribution < 1.29 is 0 Å². The fourth-order valence-corrected chi connectivity index (χ4v) is 3.89. The first kappa shape index (κ1) is 9.17. The van der Waals surface area contributed by atoms with Crippen LogP contribution in [0.15, 0.2) is 0 Å². The van der Waals surface area contributed by atoms with Gasteiger partial charge in [-0.2, -0.15) is 0 Å². The van der Waals surface area contributed by atoms with E-state index in [0.29, 0.717) is 0 Å². The van der Waals surface area contributed by atoms with Gasteiger partial charge in [-0.15, -0.1) is 0 Å². The third kappa shape index (κ3) is 1.24. The molecule has 3 rings (SSSR count). The Balaban J connectivity index is 1.69.